The fourth-order valence-corrected chi connectivity index (χ4v) is 2.54. The molecule has 106 valence electrons. The largest absolute Gasteiger partial charge is 0.218 e. The van der Waals surface area contributed by atoms with Gasteiger partial charge in [0.2, 0.25) is 0 Å². The van der Waals surface area contributed by atoms with Crippen LogP contribution in [0.4, 0.5) is 0 Å². The van der Waals surface area contributed by atoms with Crippen molar-refractivity contribution in [2.45, 2.75) is 13.8 Å². The molecule has 0 saturated carbocycles. The Hall–Kier alpha value is -1.91. The maximum absolute atomic E-state index is 6.20. The van der Waals surface area contributed by atoms with Crippen molar-refractivity contribution in [1.82, 2.24) is 20.0 Å². The maximum Gasteiger partial charge on any atom is 0.175 e. The quantitative estimate of drug-likeness (QED) is 0.709. The van der Waals surface area contributed by atoms with Crippen LogP contribution in [0, 0.1) is 13.8 Å². The van der Waals surface area contributed by atoms with Crippen LogP contribution in [0.3, 0.4) is 0 Å². The molecule has 0 aliphatic heterocycles. The first kappa shape index (κ1) is 14.0. The molecular weight excluding hydrogens is 307 g/mol. The normalized spacial score (nSPS) is 10.9. The number of aryl methyl sites for hydroxylation is 2. The van der Waals surface area contributed by atoms with Gasteiger partial charge in [-0.15, -0.1) is 10.2 Å². The molecular formula is C15H12Cl2N4. The molecule has 0 spiro atoms. The van der Waals surface area contributed by atoms with Crippen molar-refractivity contribution in [2.24, 2.45) is 0 Å². The number of rotatable bonds is 2. The SMILES string of the molecule is Cc1cc(C)n(-c2ccc(-c3cccc(Cl)c3Cl)nn2)n1. The lowest BCUT2D eigenvalue weighted by molar-refractivity contribution is 0.783. The summed E-state index contributed by atoms with van der Waals surface area (Å²) >= 11 is 12.2. The van der Waals surface area contributed by atoms with E-state index in [1.54, 1.807) is 10.7 Å². The molecule has 4 nitrogen and oxygen atoms in total. The summed E-state index contributed by atoms with van der Waals surface area (Å²) in [5.41, 5.74) is 3.39. The summed E-state index contributed by atoms with van der Waals surface area (Å²) in [6.07, 6.45) is 0. The van der Waals surface area contributed by atoms with Crippen LogP contribution < -0.4 is 0 Å². The molecule has 0 atom stereocenters. The minimum absolute atomic E-state index is 0.479. The van der Waals surface area contributed by atoms with Gasteiger partial charge in [0.05, 0.1) is 21.4 Å². The highest BCUT2D eigenvalue weighted by atomic mass is 35.5. The summed E-state index contributed by atoms with van der Waals surface area (Å²) in [6.45, 7) is 3.92. The Kier molecular flexibility index (Phi) is 3.66. The topological polar surface area (TPSA) is 43.6 Å². The van der Waals surface area contributed by atoms with E-state index in [9.17, 15) is 0 Å². The second-order valence-electron chi connectivity index (χ2n) is 4.72. The number of aromatic nitrogens is 4. The van der Waals surface area contributed by atoms with Crippen molar-refractivity contribution in [3.63, 3.8) is 0 Å². The van der Waals surface area contributed by atoms with E-state index in [-0.39, 0.29) is 0 Å². The summed E-state index contributed by atoms with van der Waals surface area (Å²) in [7, 11) is 0. The highest BCUT2D eigenvalue weighted by Gasteiger charge is 2.10. The van der Waals surface area contributed by atoms with Crippen LogP contribution in [0.1, 0.15) is 11.4 Å². The molecule has 0 N–H and O–H groups in total. The molecule has 2 aromatic heterocycles. The molecule has 3 aromatic rings. The lowest BCUT2D eigenvalue weighted by Crippen LogP contribution is -2.03. The molecule has 0 unspecified atom stereocenters. The van der Waals surface area contributed by atoms with Crippen LogP contribution in [0.5, 0.6) is 0 Å². The highest BCUT2D eigenvalue weighted by Crippen LogP contribution is 2.32. The second-order valence-corrected chi connectivity index (χ2v) is 5.50. The average Bonchev–Trinajstić information content (AvgIpc) is 2.81. The van der Waals surface area contributed by atoms with Crippen LogP contribution in [0.25, 0.3) is 17.1 Å². The van der Waals surface area contributed by atoms with E-state index in [1.165, 1.54) is 0 Å². The van der Waals surface area contributed by atoms with Gasteiger partial charge in [0.1, 0.15) is 0 Å². The Balaban J connectivity index is 2.01. The van der Waals surface area contributed by atoms with Crippen LogP contribution in [0.15, 0.2) is 36.4 Å². The van der Waals surface area contributed by atoms with E-state index in [0.29, 0.717) is 21.6 Å². The summed E-state index contributed by atoms with van der Waals surface area (Å²) in [5.74, 6) is 0.669. The zero-order chi connectivity index (χ0) is 15.0. The maximum atomic E-state index is 6.20. The molecule has 1 aromatic carbocycles. The van der Waals surface area contributed by atoms with Crippen molar-refractivity contribution in [3.05, 3.63) is 57.8 Å². The Morgan fingerprint density at radius 1 is 1.00 bits per heavy atom. The first-order valence-corrected chi connectivity index (χ1v) is 7.13. The minimum atomic E-state index is 0.479. The van der Waals surface area contributed by atoms with Gasteiger partial charge in [-0.2, -0.15) is 5.10 Å². The van der Waals surface area contributed by atoms with Gasteiger partial charge in [-0.3, -0.25) is 0 Å². The van der Waals surface area contributed by atoms with Gasteiger partial charge in [-0.25, -0.2) is 4.68 Å². The van der Waals surface area contributed by atoms with Gasteiger partial charge in [0.25, 0.3) is 0 Å². The predicted octanol–water partition coefficient (Wildman–Crippen LogP) is 4.25. The minimum Gasteiger partial charge on any atom is -0.218 e. The summed E-state index contributed by atoms with van der Waals surface area (Å²) in [4.78, 5) is 0. The Labute approximate surface area is 132 Å². The summed E-state index contributed by atoms with van der Waals surface area (Å²) in [6, 6.07) is 11.1. The molecule has 0 aliphatic carbocycles. The van der Waals surface area contributed by atoms with Gasteiger partial charge >= 0.3 is 0 Å². The van der Waals surface area contributed by atoms with E-state index >= 15 is 0 Å². The zero-order valence-corrected chi connectivity index (χ0v) is 13.0. The number of halogens is 2. The molecule has 0 fully saturated rings. The van der Waals surface area contributed by atoms with Crippen molar-refractivity contribution in [1.29, 1.82) is 0 Å². The first-order chi connectivity index (χ1) is 10.1. The molecule has 0 bridgehead atoms. The fraction of sp³-hybridized carbons (Fsp3) is 0.133. The van der Waals surface area contributed by atoms with Gasteiger partial charge < -0.3 is 0 Å². The standard InChI is InChI=1S/C15H12Cl2N4/c1-9-8-10(2)21(20-9)14-7-6-13(18-19-14)11-4-3-5-12(16)15(11)17/h3-8H,1-2H3. The van der Waals surface area contributed by atoms with Crippen molar-refractivity contribution >= 4 is 23.2 Å². The zero-order valence-electron chi connectivity index (χ0n) is 11.5. The monoisotopic (exact) mass is 318 g/mol. The summed E-state index contributed by atoms with van der Waals surface area (Å²) in [5, 5.41) is 13.8. The van der Waals surface area contributed by atoms with Crippen molar-refractivity contribution in [3.8, 4) is 17.1 Å². The smallest absolute Gasteiger partial charge is 0.175 e. The van der Waals surface area contributed by atoms with Crippen LogP contribution in [-0.4, -0.2) is 20.0 Å². The number of hydrogen-bond donors (Lipinski definition) is 0. The first-order valence-electron chi connectivity index (χ1n) is 6.38. The third-order valence-corrected chi connectivity index (χ3v) is 3.92. The molecule has 3 rings (SSSR count). The highest BCUT2D eigenvalue weighted by molar-refractivity contribution is 6.43. The lowest BCUT2D eigenvalue weighted by atomic mass is 10.1. The molecule has 6 heteroatoms. The number of hydrogen-bond acceptors (Lipinski definition) is 3. The third kappa shape index (κ3) is 2.64. The molecule has 0 radical (unpaired) electrons. The average molecular weight is 319 g/mol. The van der Waals surface area contributed by atoms with E-state index in [0.717, 1.165) is 17.0 Å². The second kappa shape index (κ2) is 5.47. The predicted molar refractivity (Wildman–Crippen MR) is 84.1 cm³/mol. The molecule has 0 amide bonds. The third-order valence-electron chi connectivity index (χ3n) is 3.10. The number of benzene rings is 1. The Morgan fingerprint density at radius 3 is 2.43 bits per heavy atom. The van der Waals surface area contributed by atoms with Crippen molar-refractivity contribution in [2.75, 3.05) is 0 Å². The molecule has 21 heavy (non-hydrogen) atoms. The van der Waals surface area contributed by atoms with Gasteiger partial charge in [0.15, 0.2) is 5.82 Å². The van der Waals surface area contributed by atoms with Crippen LogP contribution >= 0.6 is 23.2 Å². The van der Waals surface area contributed by atoms with E-state index in [1.807, 2.05) is 44.2 Å². The summed E-state index contributed by atoms with van der Waals surface area (Å²) < 4.78 is 1.76. The van der Waals surface area contributed by atoms with Crippen LogP contribution in [-0.2, 0) is 0 Å². The number of nitrogens with zero attached hydrogens (tertiary/aromatic N) is 4. The molecule has 0 saturated heterocycles. The van der Waals surface area contributed by atoms with E-state index < -0.39 is 0 Å². The fourth-order valence-electron chi connectivity index (χ4n) is 2.14. The Morgan fingerprint density at radius 2 is 1.81 bits per heavy atom. The van der Waals surface area contributed by atoms with E-state index in [2.05, 4.69) is 15.3 Å². The van der Waals surface area contributed by atoms with Crippen molar-refractivity contribution < 1.29 is 0 Å². The lowest BCUT2D eigenvalue weighted by Gasteiger charge is -2.06. The van der Waals surface area contributed by atoms with E-state index in [4.69, 9.17) is 23.2 Å². The van der Waals surface area contributed by atoms with Gasteiger partial charge in [-0.1, -0.05) is 35.3 Å². The van der Waals surface area contributed by atoms with Gasteiger partial charge in [-0.05, 0) is 38.1 Å². The molecule has 2 heterocycles. The Bertz CT molecular complexity index is 794. The van der Waals surface area contributed by atoms with Gasteiger partial charge in [0, 0.05) is 11.3 Å². The molecule has 0 aliphatic rings. The van der Waals surface area contributed by atoms with Crippen LogP contribution in [0.2, 0.25) is 10.0 Å².